The lowest BCUT2D eigenvalue weighted by atomic mass is 10.0. The van der Waals surface area contributed by atoms with Crippen LogP contribution in [0, 0.1) is 5.92 Å². The molecule has 3 nitrogen and oxygen atoms in total. The minimum atomic E-state index is 0.0104. The summed E-state index contributed by atoms with van der Waals surface area (Å²) in [6.45, 7) is 10.7. The van der Waals surface area contributed by atoms with Gasteiger partial charge in [-0.25, -0.2) is 0 Å². The Bertz CT molecular complexity index is 271. The number of thioether (sulfide) groups is 1. The van der Waals surface area contributed by atoms with Crippen molar-refractivity contribution in [1.29, 1.82) is 0 Å². The van der Waals surface area contributed by atoms with Crippen LogP contribution in [0.3, 0.4) is 0 Å². The van der Waals surface area contributed by atoms with Crippen molar-refractivity contribution in [3.8, 4) is 0 Å². The van der Waals surface area contributed by atoms with Crippen LogP contribution in [0.1, 0.15) is 47.5 Å². The first-order valence-electron chi connectivity index (χ1n) is 7.18. The van der Waals surface area contributed by atoms with E-state index in [2.05, 4.69) is 44.8 Å². The molecule has 1 fully saturated rings. The van der Waals surface area contributed by atoms with Gasteiger partial charge < -0.3 is 4.90 Å². The normalized spacial score (nSPS) is 26.1. The van der Waals surface area contributed by atoms with Gasteiger partial charge in [0.25, 0.3) is 0 Å². The molecule has 1 amide bonds. The van der Waals surface area contributed by atoms with Crippen molar-refractivity contribution < 1.29 is 4.79 Å². The molecule has 1 aliphatic rings. The molecule has 4 heteroatoms. The molecule has 3 atom stereocenters. The third-order valence-electron chi connectivity index (χ3n) is 3.64. The lowest BCUT2D eigenvalue weighted by Crippen LogP contribution is -2.43. The van der Waals surface area contributed by atoms with Crippen molar-refractivity contribution in [1.82, 2.24) is 10.2 Å². The minimum absolute atomic E-state index is 0.0104. The van der Waals surface area contributed by atoms with Crippen molar-refractivity contribution in [2.45, 2.75) is 65.7 Å². The van der Waals surface area contributed by atoms with Gasteiger partial charge >= 0.3 is 0 Å². The summed E-state index contributed by atoms with van der Waals surface area (Å²) in [7, 11) is 0. The molecule has 0 radical (unpaired) electrons. The van der Waals surface area contributed by atoms with Crippen LogP contribution in [0.2, 0.25) is 0 Å². The number of nitrogens with zero attached hydrogens (tertiary/aromatic N) is 1. The third-order valence-corrected chi connectivity index (χ3v) is 4.57. The van der Waals surface area contributed by atoms with Crippen LogP contribution in [0.5, 0.6) is 0 Å². The van der Waals surface area contributed by atoms with E-state index in [4.69, 9.17) is 0 Å². The summed E-state index contributed by atoms with van der Waals surface area (Å²) in [5.74, 6) is 2.97. The highest BCUT2D eigenvalue weighted by molar-refractivity contribution is 7.99. The summed E-state index contributed by atoms with van der Waals surface area (Å²) in [6.07, 6.45) is 2.31. The van der Waals surface area contributed by atoms with Crippen LogP contribution in [-0.4, -0.2) is 40.6 Å². The monoisotopic (exact) mass is 272 g/mol. The van der Waals surface area contributed by atoms with Crippen molar-refractivity contribution in [2.24, 2.45) is 5.92 Å². The molecule has 0 saturated carbocycles. The maximum absolute atomic E-state index is 12.4. The minimum Gasteiger partial charge on any atom is -0.323 e. The standard InChI is InChI=1S/C14H28N2OS/c1-6-12-15-13(10(3)4)14(17)16(12)11(5)8-9-18-7-2/h10-13,15H,6-9H2,1-5H3. The second-order valence-electron chi connectivity index (χ2n) is 5.39. The number of carbonyl (C=O) groups excluding carboxylic acids is 1. The molecule has 0 aromatic heterocycles. The van der Waals surface area contributed by atoms with Crippen LogP contribution in [0.4, 0.5) is 0 Å². The third kappa shape index (κ3) is 3.64. The lowest BCUT2D eigenvalue weighted by Gasteiger charge is -2.29. The Morgan fingerprint density at radius 1 is 1.33 bits per heavy atom. The first kappa shape index (κ1) is 15.8. The zero-order chi connectivity index (χ0) is 13.7. The molecular formula is C14H28N2OS. The number of hydrogen-bond acceptors (Lipinski definition) is 3. The van der Waals surface area contributed by atoms with Gasteiger partial charge in [-0.3, -0.25) is 10.1 Å². The highest BCUT2D eigenvalue weighted by Crippen LogP contribution is 2.23. The Hall–Kier alpha value is -0.220. The van der Waals surface area contributed by atoms with E-state index in [0.29, 0.717) is 17.9 Å². The molecule has 1 saturated heterocycles. The Kier molecular flexibility index (Phi) is 6.50. The second-order valence-corrected chi connectivity index (χ2v) is 6.79. The average Bonchev–Trinajstić information content (AvgIpc) is 2.66. The van der Waals surface area contributed by atoms with Gasteiger partial charge in [0.15, 0.2) is 0 Å². The Morgan fingerprint density at radius 2 is 2.00 bits per heavy atom. The van der Waals surface area contributed by atoms with Crippen LogP contribution >= 0.6 is 11.8 Å². The van der Waals surface area contributed by atoms with Gasteiger partial charge in [0.1, 0.15) is 0 Å². The molecule has 0 bridgehead atoms. The zero-order valence-corrected chi connectivity index (χ0v) is 13.2. The Labute approximate surface area is 116 Å². The summed E-state index contributed by atoms with van der Waals surface area (Å²) in [6, 6.07) is 0.356. The highest BCUT2D eigenvalue weighted by Gasteiger charge is 2.41. The molecule has 1 heterocycles. The van der Waals surface area contributed by atoms with E-state index < -0.39 is 0 Å². The van der Waals surface area contributed by atoms with Crippen LogP contribution < -0.4 is 5.32 Å². The lowest BCUT2D eigenvalue weighted by molar-refractivity contribution is -0.132. The fourth-order valence-corrected chi connectivity index (χ4v) is 3.32. The van der Waals surface area contributed by atoms with E-state index in [-0.39, 0.29) is 12.2 Å². The van der Waals surface area contributed by atoms with Gasteiger partial charge in [-0.15, -0.1) is 0 Å². The topological polar surface area (TPSA) is 32.3 Å². The van der Waals surface area contributed by atoms with Gasteiger partial charge in [0, 0.05) is 6.04 Å². The van der Waals surface area contributed by atoms with E-state index in [1.165, 1.54) is 0 Å². The first-order chi connectivity index (χ1) is 8.52. The molecule has 106 valence electrons. The Balaban J connectivity index is 2.63. The van der Waals surface area contributed by atoms with Crippen molar-refractivity contribution in [3.05, 3.63) is 0 Å². The Morgan fingerprint density at radius 3 is 2.50 bits per heavy atom. The zero-order valence-electron chi connectivity index (χ0n) is 12.4. The van der Waals surface area contributed by atoms with Crippen molar-refractivity contribution in [3.63, 3.8) is 0 Å². The average molecular weight is 272 g/mol. The van der Waals surface area contributed by atoms with Crippen molar-refractivity contribution >= 4 is 17.7 Å². The maximum atomic E-state index is 12.4. The molecule has 1 aliphatic heterocycles. The van der Waals surface area contributed by atoms with Crippen LogP contribution in [0.25, 0.3) is 0 Å². The SMILES string of the molecule is CCSCCC(C)N1C(=O)C(C(C)C)NC1CC. The molecular weight excluding hydrogens is 244 g/mol. The van der Waals surface area contributed by atoms with E-state index in [0.717, 1.165) is 24.3 Å². The molecule has 0 aliphatic carbocycles. The van der Waals surface area contributed by atoms with Crippen LogP contribution in [0.15, 0.2) is 0 Å². The maximum Gasteiger partial charge on any atom is 0.241 e. The van der Waals surface area contributed by atoms with Gasteiger partial charge in [-0.2, -0.15) is 11.8 Å². The van der Waals surface area contributed by atoms with Crippen molar-refractivity contribution in [2.75, 3.05) is 11.5 Å². The van der Waals surface area contributed by atoms with E-state index in [1.807, 2.05) is 11.8 Å². The van der Waals surface area contributed by atoms with Gasteiger partial charge in [0.2, 0.25) is 5.91 Å². The summed E-state index contributed by atoms with van der Waals surface area (Å²) in [5, 5.41) is 3.48. The molecule has 1 rings (SSSR count). The number of nitrogens with one attached hydrogen (secondary N) is 1. The summed E-state index contributed by atoms with van der Waals surface area (Å²) < 4.78 is 0. The predicted octanol–water partition coefficient (Wildman–Crippen LogP) is 2.71. The fraction of sp³-hybridized carbons (Fsp3) is 0.929. The number of rotatable bonds is 7. The fourth-order valence-electron chi connectivity index (χ4n) is 2.53. The quantitative estimate of drug-likeness (QED) is 0.723. The van der Waals surface area contributed by atoms with Gasteiger partial charge in [-0.1, -0.05) is 27.7 Å². The second kappa shape index (κ2) is 7.39. The molecule has 18 heavy (non-hydrogen) atoms. The van der Waals surface area contributed by atoms with Gasteiger partial charge in [0.05, 0.1) is 12.2 Å². The molecule has 0 aromatic carbocycles. The number of carbonyl (C=O) groups is 1. The highest BCUT2D eigenvalue weighted by atomic mass is 32.2. The van der Waals surface area contributed by atoms with Gasteiger partial charge in [-0.05, 0) is 37.2 Å². The van der Waals surface area contributed by atoms with Crippen LogP contribution in [-0.2, 0) is 4.79 Å². The summed E-state index contributed by atoms with van der Waals surface area (Å²) >= 11 is 1.95. The number of amides is 1. The predicted molar refractivity (Wildman–Crippen MR) is 79.8 cm³/mol. The van der Waals surface area contributed by atoms with E-state index >= 15 is 0 Å². The summed E-state index contributed by atoms with van der Waals surface area (Å²) in [4.78, 5) is 14.5. The van der Waals surface area contributed by atoms with E-state index in [1.54, 1.807) is 0 Å². The molecule has 1 N–H and O–H groups in total. The smallest absolute Gasteiger partial charge is 0.241 e. The number of hydrogen-bond donors (Lipinski definition) is 1. The first-order valence-corrected chi connectivity index (χ1v) is 8.34. The molecule has 0 spiro atoms. The molecule has 0 aromatic rings. The van der Waals surface area contributed by atoms with E-state index in [9.17, 15) is 4.79 Å². The largest absolute Gasteiger partial charge is 0.323 e. The summed E-state index contributed by atoms with van der Waals surface area (Å²) in [5.41, 5.74) is 0. The molecule has 3 unspecified atom stereocenters.